The molecule has 2 aromatic carbocycles. The Morgan fingerprint density at radius 1 is 0.967 bits per heavy atom. The van der Waals surface area contributed by atoms with Crippen LogP contribution < -0.4 is 4.90 Å². The van der Waals surface area contributed by atoms with Crippen molar-refractivity contribution in [2.75, 3.05) is 18.1 Å². The topological polar surface area (TPSA) is 59.7 Å². The summed E-state index contributed by atoms with van der Waals surface area (Å²) in [5.74, 6) is 0.550. The second kappa shape index (κ2) is 7.48. The maximum atomic E-state index is 12.6. The molecular weight excluding hydrogens is 376 g/mol. The third-order valence-corrected chi connectivity index (χ3v) is 5.07. The molecule has 4 aromatic rings. The number of ether oxygens (including phenoxy) is 1. The Hall–Kier alpha value is -3.93. The highest BCUT2D eigenvalue weighted by Gasteiger charge is 2.30. The summed E-state index contributed by atoms with van der Waals surface area (Å²) in [5.41, 5.74) is 5.34. The molecule has 1 aliphatic rings. The minimum absolute atomic E-state index is 0.0873. The molecule has 0 radical (unpaired) electrons. The molecule has 0 fully saturated rings. The molecule has 2 aromatic heterocycles. The quantitative estimate of drug-likeness (QED) is 0.471. The van der Waals surface area contributed by atoms with Crippen LogP contribution in [0.5, 0.6) is 0 Å². The van der Waals surface area contributed by atoms with E-state index >= 15 is 0 Å². The van der Waals surface area contributed by atoms with Crippen molar-refractivity contribution in [2.45, 2.75) is 6.92 Å². The Morgan fingerprint density at radius 3 is 2.37 bits per heavy atom. The lowest BCUT2D eigenvalue weighted by molar-refractivity contribution is -0.141. The van der Waals surface area contributed by atoms with E-state index < -0.39 is 0 Å². The number of aromatic nitrogens is 3. The average Bonchev–Trinajstić information content (AvgIpc) is 3.18. The van der Waals surface area contributed by atoms with Crippen LogP contribution in [0.3, 0.4) is 0 Å². The van der Waals surface area contributed by atoms with Crippen molar-refractivity contribution in [3.05, 3.63) is 84.3 Å². The monoisotopic (exact) mass is 396 g/mol. The first kappa shape index (κ1) is 18.1. The number of anilines is 1. The lowest BCUT2D eigenvalue weighted by Gasteiger charge is -2.31. The van der Waals surface area contributed by atoms with Gasteiger partial charge < -0.3 is 9.64 Å². The van der Waals surface area contributed by atoms with Crippen LogP contribution in [-0.4, -0.2) is 33.5 Å². The summed E-state index contributed by atoms with van der Waals surface area (Å²) < 4.78 is 7.33. The van der Waals surface area contributed by atoms with Crippen molar-refractivity contribution in [2.24, 2.45) is 0 Å². The summed E-state index contributed by atoms with van der Waals surface area (Å²) in [7, 11) is 0. The first-order valence-electron chi connectivity index (χ1n) is 9.88. The number of carbonyl (C=O) groups excluding carboxylic acids is 1. The van der Waals surface area contributed by atoms with Crippen molar-refractivity contribution in [3.8, 4) is 11.3 Å². The standard InChI is InChI=1S/C24H20N4O2/c1-2-30-22(29)16-27-20(17-9-5-3-6-10-17)13-19-14-25-15-21-26-23(24(27)28(19)21)18-11-7-4-8-12-18/h3-15H,2,16H2,1H3. The van der Waals surface area contributed by atoms with Crippen molar-refractivity contribution in [3.63, 3.8) is 0 Å². The third-order valence-electron chi connectivity index (χ3n) is 5.07. The molecule has 3 heterocycles. The molecule has 0 atom stereocenters. The lowest BCUT2D eigenvalue weighted by atomic mass is 10.1. The SMILES string of the molecule is CCOC(=O)CN1C(c2ccccc2)=Cc2cncc3nc(-c4ccccc4)c1n23. The number of esters is 1. The molecule has 0 N–H and O–H groups in total. The van der Waals surface area contributed by atoms with E-state index in [0.29, 0.717) is 6.61 Å². The van der Waals surface area contributed by atoms with Crippen LogP contribution in [-0.2, 0) is 9.53 Å². The number of carbonyl (C=O) groups is 1. The zero-order chi connectivity index (χ0) is 20.5. The van der Waals surface area contributed by atoms with Gasteiger partial charge in [-0.25, -0.2) is 4.98 Å². The average molecular weight is 396 g/mol. The highest BCUT2D eigenvalue weighted by atomic mass is 16.5. The van der Waals surface area contributed by atoms with Crippen LogP contribution in [0.4, 0.5) is 5.82 Å². The van der Waals surface area contributed by atoms with E-state index in [1.165, 1.54) is 0 Å². The first-order chi connectivity index (χ1) is 14.8. The number of hydrogen-bond donors (Lipinski definition) is 0. The minimum atomic E-state index is -0.286. The third kappa shape index (κ3) is 3.03. The van der Waals surface area contributed by atoms with Gasteiger partial charge in [0.15, 0.2) is 5.65 Å². The second-order valence-corrected chi connectivity index (χ2v) is 6.96. The molecule has 0 saturated heterocycles. The van der Waals surface area contributed by atoms with Gasteiger partial charge in [-0.15, -0.1) is 0 Å². The van der Waals surface area contributed by atoms with Gasteiger partial charge in [-0.2, -0.15) is 0 Å². The largest absolute Gasteiger partial charge is 0.465 e. The highest BCUT2D eigenvalue weighted by molar-refractivity contribution is 5.99. The van der Waals surface area contributed by atoms with Crippen LogP contribution >= 0.6 is 0 Å². The predicted octanol–water partition coefficient (Wildman–Crippen LogP) is 4.28. The number of rotatable bonds is 5. The molecule has 0 unspecified atom stereocenters. The number of benzene rings is 2. The summed E-state index contributed by atoms with van der Waals surface area (Å²) in [6, 6.07) is 20.0. The maximum absolute atomic E-state index is 12.6. The van der Waals surface area contributed by atoms with Gasteiger partial charge in [0.2, 0.25) is 0 Å². The van der Waals surface area contributed by atoms with Crippen molar-refractivity contribution >= 4 is 29.2 Å². The second-order valence-electron chi connectivity index (χ2n) is 6.96. The van der Waals surface area contributed by atoms with Gasteiger partial charge in [0, 0.05) is 5.56 Å². The molecule has 0 amide bonds. The number of hydrogen-bond acceptors (Lipinski definition) is 5. The van der Waals surface area contributed by atoms with E-state index in [-0.39, 0.29) is 12.5 Å². The van der Waals surface area contributed by atoms with E-state index in [0.717, 1.165) is 39.7 Å². The van der Waals surface area contributed by atoms with Gasteiger partial charge in [0.05, 0.1) is 30.4 Å². The van der Waals surface area contributed by atoms with Gasteiger partial charge in [-0.05, 0) is 18.6 Å². The zero-order valence-electron chi connectivity index (χ0n) is 16.5. The smallest absolute Gasteiger partial charge is 0.326 e. The Kier molecular flexibility index (Phi) is 4.52. The van der Waals surface area contributed by atoms with E-state index in [1.807, 2.05) is 89.2 Å². The van der Waals surface area contributed by atoms with Gasteiger partial charge in [-0.1, -0.05) is 60.7 Å². The lowest BCUT2D eigenvalue weighted by Crippen LogP contribution is -2.33. The number of imidazole rings is 1. The molecule has 6 heteroatoms. The van der Waals surface area contributed by atoms with Crippen LogP contribution in [0.1, 0.15) is 18.2 Å². The van der Waals surface area contributed by atoms with Crippen LogP contribution in [0, 0.1) is 0 Å². The predicted molar refractivity (Wildman–Crippen MR) is 117 cm³/mol. The molecule has 30 heavy (non-hydrogen) atoms. The normalized spacial score (nSPS) is 12.7. The highest BCUT2D eigenvalue weighted by Crippen LogP contribution is 2.40. The summed E-state index contributed by atoms with van der Waals surface area (Å²) in [5, 5.41) is 0. The molecule has 0 saturated carbocycles. The molecule has 0 bridgehead atoms. The molecular formula is C24H20N4O2. The van der Waals surface area contributed by atoms with E-state index in [1.54, 1.807) is 6.20 Å². The summed E-state index contributed by atoms with van der Waals surface area (Å²) in [4.78, 5) is 23.8. The molecule has 1 aliphatic heterocycles. The van der Waals surface area contributed by atoms with E-state index in [2.05, 4.69) is 4.98 Å². The molecule has 5 rings (SSSR count). The fraction of sp³-hybridized carbons (Fsp3) is 0.125. The fourth-order valence-electron chi connectivity index (χ4n) is 3.82. The van der Waals surface area contributed by atoms with Crippen molar-refractivity contribution < 1.29 is 9.53 Å². The van der Waals surface area contributed by atoms with E-state index in [4.69, 9.17) is 9.72 Å². The Bertz CT molecular complexity index is 1250. The van der Waals surface area contributed by atoms with Gasteiger partial charge in [0.25, 0.3) is 0 Å². The Morgan fingerprint density at radius 2 is 1.67 bits per heavy atom. The first-order valence-corrected chi connectivity index (χ1v) is 9.88. The summed E-state index contributed by atoms with van der Waals surface area (Å²) in [6.45, 7) is 2.24. The molecule has 0 aliphatic carbocycles. The van der Waals surface area contributed by atoms with Crippen LogP contribution in [0.25, 0.3) is 28.7 Å². The van der Waals surface area contributed by atoms with Crippen molar-refractivity contribution in [1.29, 1.82) is 0 Å². The van der Waals surface area contributed by atoms with E-state index in [9.17, 15) is 4.79 Å². The van der Waals surface area contributed by atoms with Crippen molar-refractivity contribution in [1.82, 2.24) is 14.4 Å². The van der Waals surface area contributed by atoms with Crippen LogP contribution in [0.15, 0.2) is 73.1 Å². The molecule has 0 spiro atoms. The maximum Gasteiger partial charge on any atom is 0.326 e. The Labute approximate surface area is 174 Å². The molecule has 6 nitrogen and oxygen atoms in total. The van der Waals surface area contributed by atoms with Crippen LogP contribution in [0.2, 0.25) is 0 Å². The van der Waals surface area contributed by atoms with Gasteiger partial charge >= 0.3 is 5.97 Å². The van der Waals surface area contributed by atoms with Gasteiger partial charge in [-0.3, -0.25) is 14.2 Å². The van der Waals surface area contributed by atoms with Gasteiger partial charge in [0.1, 0.15) is 18.1 Å². The zero-order valence-corrected chi connectivity index (χ0v) is 16.5. The number of nitrogens with zero attached hydrogens (tertiary/aromatic N) is 4. The Balaban J connectivity index is 1.76. The summed E-state index contributed by atoms with van der Waals surface area (Å²) >= 11 is 0. The fourth-order valence-corrected chi connectivity index (χ4v) is 3.82. The summed E-state index contributed by atoms with van der Waals surface area (Å²) in [6.07, 6.45) is 5.60. The minimum Gasteiger partial charge on any atom is -0.465 e. The molecule has 148 valence electrons.